The summed E-state index contributed by atoms with van der Waals surface area (Å²) in [5, 5.41) is 18.2. The van der Waals surface area contributed by atoms with Crippen LogP contribution in [0, 0.1) is 13.8 Å². The van der Waals surface area contributed by atoms with E-state index in [-0.39, 0.29) is 18.8 Å². The molecule has 0 unspecified atom stereocenters. The first-order chi connectivity index (χ1) is 12.9. The first kappa shape index (κ1) is 19.8. The van der Waals surface area contributed by atoms with Crippen molar-refractivity contribution in [3.05, 3.63) is 41.6 Å². The minimum Gasteiger partial charge on any atom is -0.483 e. The van der Waals surface area contributed by atoms with Crippen LogP contribution in [-0.2, 0) is 23.1 Å². The number of carboxylic acid groups (broad SMARTS) is 1. The highest BCUT2D eigenvalue weighted by Crippen LogP contribution is 2.24. The minimum absolute atomic E-state index is 0.118. The van der Waals surface area contributed by atoms with Gasteiger partial charge in [-0.05, 0) is 25.5 Å². The predicted molar refractivity (Wildman–Crippen MR) is 97.3 cm³/mol. The summed E-state index contributed by atoms with van der Waals surface area (Å²) in [4.78, 5) is 29.0. The van der Waals surface area contributed by atoms with Crippen molar-refractivity contribution in [3.63, 3.8) is 0 Å². The molecule has 0 aliphatic heterocycles. The molecule has 0 saturated carbocycles. The molecule has 0 aromatic carbocycles. The Balaban J connectivity index is 0.000000817. The van der Waals surface area contributed by atoms with Crippen LogP contribution in [-0.4, -0.2) is 54.1 Å². The Morgan fingerprint density at radius 2 is 2.07 bits per heavy atom. The van der Waals surface area contributed by atoms with E-state index in [4.69, 9.17) is 9.90 Å². The van der Waals surface area contributed by atoms with Gasteiger partial charge in [0.2, 0.25) is 5.91 Å². The normalized spacial score (nSPS) is 10.1. The van der Waals surface area contributed by atoms with Crippen molar-refractivity contribution in [1.82, 2.24) is 34.8 Å². The van der Waals surface area contributed by atoms with Gasteiger partial charge < -0.3 is 10.4 Å². The zero-order valence-corrected chi connectivity index (χ0v) is 15.5. The summed E-state index contributed by atoms with van der Waals surface area (Å²) in [7, 11) is 3.43. The third-order valence-corrected chi connectivity index (χ3v) is 3.75. The topological polar surface area (TPSA) is 128 Å². The lowest BCUT2D eigenvalue weighted by Gasteiger charge is -2.08. The fourth-order valence-electron chi connectivity index (χ4n) is 2.50. The molecule has 0 radical (unpaired) electrons. The van der Waals surface area contributed by atoms with Crippen molar-refractivity contribution in [2.45, 2.75) is 20.3 Å². The van der Waals surface area contributed by atoms with E-state index in [0.29, 0.717) is 11.6 Å². The van der Waals surface area contributed by atoms with E-state index in [1.165, 1.54) is 0 Å². The molecule has 3 rings (SSSR count). The van der Waals surface area contributed by atoms with Gasteiger partial charge in [-0.2, -0.15) is 9.78 Å². The van der Waals surface area contributed by atoms with Gasteiger partial charge in [-0.1, -0.05) is 0 Å². The number of aromatic nitrogens is 6. The number of hydrogen-bond donors (Lipinski definition) is 2. The first-order valence-electron chi connectivity index (χ1n) is 8.07. The Bertz CT molecular complexity index is 946. The predicted octanol–water partition coefficient (Wildman–Crippen LogP) is 0.669. The lowest BCUT2D eigenvalue weighted by atomic mass is 10.1. The fraction of sp³-hybridized carbons (Fsp3) is 0.294. The van der Waals surface area contributed by atoms with Crippen molar-refractivity contribution in [1.29, 1.82) is 0 Å². The zero-order chi connectivity index (χ0) is 20.0. The molecule has 0 saturated heterocycles. The molecule has 1 amide bonds. The summed E-state index contributed by atoms with van der Waals surface area (Å²) in [5.41, 5.74) is 2.86. The third-order valence-electron chi connectivity index (χ3n) is 3.75. The maximum absolute atomic E-state index is 11.7. The summed E-state index contributed by atoms with van der Waals surface area (Å²) in [6.45, 7) is 3.70. The van der Waals surface area contributed by atoms with Gasteiger partial charge in [0.05, 0.1) is 12.6 Å². The third kappa shape index (κ3) is 4.54. The molecule has 0 spiro atoms. The number of pyridine rings is 1. The number of amides is 1. The minimum atomic E-state index is -0.250. The summed E-state index contributed by atoms with van der Waals surface area (Å²) in [6.07, 6.45) is 3.59. The number of rotatable bonds is 4. The monoisotopic (exact) mass is 371 g/mol. The molecule has 3 aromatic heterocycles. The maximum atomic E-state index is 11.7. The average Bonchev–Trinajstić information content (AvgIpc) is 3.21. The standard InChI is InChI=1S/C16H19N7O.CH2O2/c1-10-7-11(2)18-9-12(10)16-20-13(8-14(24)17-3)21-23(16)15-5-6-19-22(15)4;2-1-3/h5-7,9H,8H2,1-4H3,(H,17,24);1H,(H,2,3). The highest BCUT2D eigenvalue weighted by Gasteiger charge is 2.19. The molecule has 0 bridgehead atoms. The van der Waals surface area contributed by atoms with E-state index in [0.717, 1.165) is 22.6 Å². The quantitative estimate of drug-likeness (QED) is 0.645. The van der Waals surface area contributed by atoms with Crippen molar-refractivity contribution in [3.8, 4) is 17.2 Å². The molecule has 2 N–H and O–H groups in total. The molecule has 10 heteroatoms. The van der Waals surface area contributed by atoms with Gasteiger partial charge in [0, 0.05) is 37.6 Å². The Morgan fingerprint density at radius 3 is 2.63 bits per heavy atom. The second kappa shape index (κ2) is 8.70. The van der Waals surface area contributed by atoms with Crippen LogP contribution < -0.4 is 5.32 Å². The van der Waals surface area contributed by atoms with Crippen LogP contribution >= 0.6 is 0 Å². The fourth-order valence-corrected chi connectivity index (χ4v) is 2.50. The van der Waals surface area contributed by atoms with Gasteiger partial charge in [0.25, 0.3) is 6.47 Å². The van der Waals surface area contributed by atoms with Gasteiger partial charge in [-0.15, -0.1) is 5.10 Å². The summed E-state index contributed by atoms with van der Waals surface area (Å²) in [6, 6.07) is 3.84. The van der Waals surface area contributed by atoms with E-state index >= 15 is 0 Å². The lowest BCUT2D eigenvalue weighted by Crippen LogP contribution is -2.20. The van der Waals surface area contributed by atoms with Crippen LogP contribution in [0.3, 0.4) is 0 Å². The number of nitrogens with one attached hydrogen (secondary N) is 1. The Kier molecular flexibility index (Phi) is 6.36. The summed E-state index contributed by atoms with van der Waals surface area (Å²) in [5.74, 6) is 1.72. The largest absolute Gasteiger partial charge is 0.483 e. The second-order valence-electron chi connectivity index (χ2n) is 5.67. The molecular weight excluding hydrogens is 350 g/mol. The van der Waals surface area contributed by atoms with Gasteiger partial charge >= 0.3 is 0 Å². The van der Waals surface area contributed by atoms with Gasteiger partial charge in [0.1, 0.15) is 0 Å². The average molecular weight is 371 g/mol. The zero-order valence-electron chi connectivity index (χ0n) is 15.5. The number of likely N-dealkylation sites (N-methyl/N-ethyl adjacent to an activating group) is 1. The Labute approximate surface area is 155 Å². The highest BCUT2D eigenvalue weighted by atomic mass is 16.3. The van der Waals surface area contributed by atoms with Crippen LogP contribution in [0.5, 0.6) is 0 Å². The number of nitrogens with zero attached hydrogens (tertiary/aromatic N) is 6. The first-order valence-corrected chi connectivity index (χ1v) is 8.07. The maximum Gasteiger partial charge on any atom is 0.290 e. The molecule has 0 fully saturated rings. The van der Waals surface area contributed by atoms with Crippen LogP contribution in [0.2, 0.25) is 0 Å². The van der Waals surface area contributed by atoms with E-state index in [1.807, 2.05) is 33.0 Å². The van der Waals surface area contributed by atoms with Crippen LogP contribution in [0.1, 0.15) is 17.1 Å². The van der Waals surface area contributed by atoms with Gasteiger partial charge in [0.15, 0.2) is 17.5 Å². The van der Waals surface area contributed by atoms with Crippen molar-refractivity contribution >= 4 is 12.4 Å². The molecule has 142 valence electrons. The second-order valence-corrected chi connectivity index (χ2v) is 5.67. The molecule has 10 nitrogen and oxygen atoms in total. The van der Waals surface area contributed by atoms with E-state index < -0.39 is 0 Å². The number of carbonyl (C=O) groups excluding carboxylic acids is 1. The van der Waals surface area contributed by atoms with Crippen molar-refractivity contribution in [2.75, 3.05) is 7.05 Å². The van der Waals surface area contributed by atoms with Crippen molar-refractivity contribution < 1.29 is 14.7 Å². The van der Waals surface area contributed by atoms with E-state index in [9.17, 15) is 4.79 Å². The number of aryl methyl sites for hydroxylation is 3. The molecular formula is C17H21N7O3. The van der Waals surface area contributed by atoms with Gasteiger partial charge in [-0.25, -0.2) is 4.98 Å². The molecule has 3 heterocycles. The lowest BCUT2D eigenvalue weighted by molar-refractivity contribution is -0.123. The van der Waals surface area contributed by atoms with E-state index in [2.05, 4.69) is 25.5 Å². The highest BCUT2D eigenvalue weighted by molar-refractivity contribution is 5.77. The van der Waals surface area contributed by atoms with Gasteiger partial charge in [-0.3, -0.25) is 19.3 Å². The summed E-state index contributed by atoms with van der Waals surface area (Å²) < 4.78 is 3.41. The SMILES string of the molecule is CNC(=O)Cc1nc(-c2cnc(C)cc2C)n(-c2ccnn2C)n1.O=CO. The molecule has 0 aliphatic carbocycles. The molecule has 0 atom stereocenters. The van der Waals surface area contributed by atoms with Crippen LogP contribution in [0.4, 0.5) is 0 Å². The van der Waals surface area contributed by atoms with E-state index in [1.54, 1.807) is 28.8 Å². The smallest absolute Gasteiger partial charge is 0.290 e. The molecule has 0 aliphatic rings. The summed E-state index contributed by atoms with van der Waals surface area (Å²) >= 11 is 0. The number of hydrogen-bond acceptors (Lipinski definition) is 6. The Hall–Kier alpha value is -3.56. The molecule has 27 heavy (non-hydrogen) atoms. The van der Waals surface area contributed by atoms with Crippen LogP contribution in [0.25, 0.3) is 17.2 Å². The van der Waals surface area contributed by atoms with Crippen molar-refractivity contribution in [2.24, 2.45) is 7.05 Å². The Morgan fingerprint density at radius 1 is 1.37 bits per heavy atom. The number of carbonyl (C=O) groups is 2. The van der Waals surface area contributed by atoms with Crippen LogP contribution in [0.15, 0.2) is 24.5 Å². The molecule has 3 aromatic rings.